The highest BCUT2D eigenvalue weighted by atomic mass is 16.2. The van der Waals surface area contributed by atoms with Gasteiger partial charge in [0.1, 0.15) is 5.82 Å². The number of aromatic nitrogens is 1. The van der Waals surface area contributed by atoms with Gasteiger partial charge in [0.2, 0.25) is 5.91 Å². The Bertz CT molecular complexity index is 459. The van der Waals surface area contributed by atoms with Gasteiger partial charge in [0.05, 0.1) is 6.54 Å². The van der Waals surface area contributed by atoms with Gasteiger partial charge in [-0.05, 0) is 50.9 Å². The van der Waals surface area contributed by atoms with Gasteiger partial charge in [-0.25, -0.2) is 4.98 Å². The van der Waals surface area contributed by atoms with Crippen LogP contribution in [-0.2, 0) is 4.79 Å². The Labute approximate surface area is 126 Å². The average Bonchev–Trinajstić information content (AvgIpc) is 3.01. The molecule has 0 bridgehead atoms. The average molecular weight is 288 g/mol. The maximum Gasteiger partial charge on any atom is 0.234 e. The number of nitrogens with one attached hydrogen (secondary N) is 1. The number of piperidine rings is 1. The van der Waals surface area contributed by atoms with E-state index in [1.54, 1.807) is 0 Å². The molecular weight excluding hydrogens is 264 g/mol. The summed E-state index contributed by atoms with van der Waals surface area (Å²) < 4.78 is 0. The Hall–Kier alpha value is -1.62. The van der Waals surface area contributed by atoms with E-state index >= 15 is 0 Å². The summed E-state index contributed by atoms with van der Waals surface area (Å²) in [4.78, 5) is 21.0. The highest BCUT2D eigenvalue weighted by Gasteiger charge is 2.23. The Morgan fingerprint density at radius 3 is 2.86 bits per heavy atom. The third-order valence-corrected chi connectivity index (χ3v) is 4.33. The molecule has 1 amide bonds. The number of carbonyl (C=O) groups excluding carboxylic acids is 1. The van der Waals surface area contributed by atoms with Crippen LogP contribution in [0.4, 0.5) is 5.82 Å². The predicted molar refractivity (Wildman–Crippen MR) is 83.3 cm³/mol. The first kappa shape index (κ1) is 14.3. The lowest BCUT2D eigenvalue weighted by atomic mass is 10.1. The zero-order chi connectivity index (χ0) is 14.5. The smallest absolute Gasteiger partial charge is 0.234 e. The quantitative estimate of drug-likeness (QED) is 0.906. The minimum atomic E-state index is 0.171. The highest BCUT2D eigenvalue weighted by Crippen LogP contribution is 2.17. The van der Waals surface area contributed by atoms with E-state index in [-0.39, 0.29) is 11.9 Å². The maximum absolute atomic E-state index is 12.1. The number of hydrogen-bond acceptors (Lipinski definition) is 4. The zero-order valence-corrected chi connectivity index (χ0v) is 12.5. The fraction of sp³-hybridized carbons (Fsp3) is 0.625. The van der Waals surface area contributed by atoms with Gasteiger partial charge in [0.25, 0.3) is 0 Å². The largest absolute Gasteiger partial charge is 0.355 e. The number of hydrogen-bond donors (Lipinski definition) is 1. The van der Waals surface area contributed by atoms with Crippen molar-refractivity contribution in [2.24, 2.45) is 0 Å². The molecule has 5 heteroatoms. The molecular formula is C16H24N4O. The molecule has 1 N–H and O–H groups in total. The Kier molecular flexibility index (Phi) is 4.70. The van der Waals surface area contributed by atoms with Crippen LogP contribution in [0.15, 0.2) is 24.4 Å². The minimum absolute atomic E-state index is 0.171. The van der Waals surface area contributed by atoms with Gasteiger partial charge in [0.15, 0.2) is 0 Å². The third kappa shape index (κ3) is 3.94. The van der Waals surface area contributed by atoms with Crippen LogP contribution in [0.1, 0.15) is 25.7 Å². The van der Waals surface area contributed by atoms with Crippen LogP contribution in [0.5, 0.6) is 0 Å². The van der Waals surface area contributed by atoms with Crippen LogP contribution in [-0.4, -0.2) is 54.6 Å². The summed E-state index contributed by atoms with van der Waals surface area (Å²) in [6.45, 7) is 4.58. The van der Waals surface area contributed by atoms with E-state index in [4.69, 9.17) is 0 Å². The molecule has 114 valence electrons. The summed E-state index contributed by atoms with van der Waals surface area (Å²) in [5, 5.41) is 3.20. The van der Waals surface area contributed by atoms with Crippen LogP contribution in [0.2, 0.25) is 0 Å². The lowest BCUT2D eigenvalue weighted by molar-refractivity contribution is -0.122. The van der Waals surface area contributed by atoms with E-state index < -0.39 is 0 Å². The first-order chi connectivity index (χ1) is 10.3. The summed E-state index contributed by atoms with van der Waals surface area (Å²) in [7, 11) is 0. The van der Waals surface area contributed by atoms with Gasteiger partial charge in [-0.2, -0.15) is 0 Å². The van der Waals surface area contributed by atoms with E-state index in [1.807, 2.05) is 24.4 Å². The Morgan fingerprint density at radius 1 is 1.24 bits per heavy atom. The van der Waals surface area contributed by atoms with Crippen LogP contribution in [0, 0.1) is 0 Å². The van der Waals surface area contributed by atoms with Gasteiger partial charge in [-0.15, -0.1) is 0 Å². The second-order valence-corrected chi connectivity index (χ2v) is 6.02. The fourth-order valence-corrected chi connectivity index (χ4v) is 3.26. The maximum atomic E-state index is 12.1. The van der Waals surface area contributed by atoms with E-state index in [0.29, 0.717) is 6.54 Å². The number of rotatable bonds is 4. The van der Waals surface area contributed by atoms with Crippen molar-refractivity contribution in [1.29, 1.82) is 0 Å². The molecule has 1 aromatic rings. The summed E-state index contributed by atoms with van der Waals surface area (Å²) in [6, 6.07) is 6.23. The van der Waals surface area contributed by atoms with Crippen LogP contribution in [0.25, 0.3) is 0 Å². The van der Waals surface area contributed by atoms with Crippen molar-refractivity contribution in [1.82, 2.24) is 15.2 Å². The summed E-state index contributed by atoms with van der Waals surface area (Å²) in [5.74, 6) is 1.18. The molecule has 1 aromatic heterocycles. The second-order valence-electron chi connectivity index (χ2n) is 6.02. The van der Waals surface area contributed by atoms with E-state index in [2.05, 4.69) is 20.1 Å². The summed E-state index contributed by atoms with van der Waals surface area (Å²) >= 11 is 0. The number of carbonyl (C=O) groups is 1. The SMILES string of the molecule is O=C(CN1CCCC1)N[C@H]1CCCN(c2ccccn2)C1. The molecule has 3 rings (SSSR count). The van der Waals surface area contributed by atoms with Gasteiger partial charge in [0, 0.05) is 25.3 Å². The number of amides is 1. The lowest BCUT2D eigenvalue weighted by Crippen LogP contribution is -2.50. The van der Waals surface area contributed by atoms with E-state index in [9.17, 15) is 4.79 Å². The number of anilines is 1. The van der Waals surface area contributed by atoms with Crippen molar-refractivity contribution in [2.45, 2.75) is 31.7 Å². The predicted octanol–water partition coefficient (Wildman–Crippen LogP) is 1.26. The monoisotopic (exact) mass is 288 g/mol. The van der Waals surface area contributed by atoms with Crippen molar-refractivity contribution >= 4 is 11.7 Å². The van der Waals surface area contributed by atoms with Crippen molar-refractivity contribution in [3.8, 4) is 0 Å². The van der Waals surface area contributed by atoms with E-state index in [1.165, 1.54) is 12.8 Å². The molecule has 1 atom stereocenters. The lowest BCUT2D eigenvalue weighted by Gasteiger charge is -2.34. The van der Waals surface area contributed by atoms with Crippen molar-refractivity contribution in [2.75, 3.05) is 37.6 Å². The Morgan fingerprint density at radius 2 is 2.10 bits per heavy atom. The summed E-state index contributed by atoms with van der Waals surface area (Å²) in [6.07, 6.45) is 6.44. The molecule has 0 aliphatic carbocycles. The molecule has 0 aromatic carbocycles. The molecule has 0 saturated carbocycles. The van der Waals surface area contributed by atoms with E-state index in [0.717, 1.165) is 44.8 Å². The number of nitrogens with zero attached hydrogens (tertiary/aromatic N) is 3. The Balaban J connectivity index is 1.50. The second kappa shape index (κ2) is 6.89. The fourth-order valence-electron chi connectivity index (χ4n) is 3.26. The standard InChI is InChI=1S/C16H24N4O/c21-16(13-19-9-3-4-10-19)18-14-6-5-11-20(12-14)15-7-1-2-8-17-15/h1-2,7-8,14H,3-6,9-13H2,(H,18,21)/t14-/m0/s1. The van der Waals surface area contributed by atoms with Gasteiger partial charge >= 0.3 is 0 Å². The molecule has 0 unspecified atom stereocenters. The zero-order valence-electron chi connectivity index (χ0n) is 12.5. The van der Waals surface area contributed by atoms with Crippen molar-refractivity contribution in [3.05, 3.63) is 24.4 Å². The van der Waals surface area contributed by atoms with Crippen molar-refractivity contribution < 1.29 is 4.79 Å². The molecule has 0 spiro atoms. The minimum Gasteiger partial charge on any atom is -0.355 e. The molecule has 2 aliphatic rings. The van der Waals surface area contributed by atoms with Gasteiger partial charge in [-0.1, -0.05) is 6.07 Å². The topological polar surface area (TPSA) is 48.5 Å². The summed E-state index contributed by atoms with van der Waals surface area (Å²) in [5.41, 5.74) is 0. The van der Waals surface area contributed by atoms with Gasteiger partial charge < -0.3 is 10.2 Å². The molecule has 0 radical (unpaired) electrons. The highest BCUT2D eigenvalue weighted by molar-refractivity contribution is 5.78. The first-order valence-corrected chi connectivity index (χ1v) is 7.99. The van der Waals surface area contributed by atoms with Crippen LogP contribution in [0.3, 0.4) is 0 Å². The van der Waals surface area contributed by atoms with Crippen LogP contribution >= 0.6 is 0 Å². The normalized spacial score (nSPS) is 23.2. The van der Waals surface area contributed by atoms with Crippen molar-refractivity contribution in [3.63, 3.8) is 0 Å². The van der Waals surface area contributed by atoms with Crippen LogP contribution < -0.4 is 10.2 Å². The first-order valence-electron chi connectivity index (χ1n) is 7.99. The van der Waals surface area contributed by atoms with Gasteiger partial charge in [-0.3, -0.25) is 9.69 Å². The number of likely N-dealkylation sites (tertiary alicyclic amines) is 1. The molecule has 2 aliphatic heterocycles. The number of pyridine rings is 1. The molecule has 3 heterocycles. The molecule has 21 heavy (non-hydrogen) atoms. The third-order valence-electron chi connectivity index (χ3n) is 4.33. The molecule has 5 nitrogen and oxygen atoms in total. The molecule has 2 saturated heterocycles. The molecule has 2 fully saturated rings.